The van der Waals surface area contributed by atoms with Gasteiger partial charge in [-0.25, -0.2) is 4.39 Å². The molecule has 1 aliphatic carbocycles. The third-order valence-corrected chi connectivity index (χ3v) is 3.48. The number of anilines is 1. The van der Waals surface area contributed by atoms with Gasteiger partial charge in [0.2, 0.25) is 0 Å². The number of hydrogen-bond acceptors (Lipinski definition) is 3. The summed E-state index contributed by atoms with van der Waals surface area (Å²) in [5.41, 5.74) is 1.81. The van der Waals surface area contributed by atoms with Crippen molar-refractivity contribution in [2.75, 3.05) is 31.7 Å². The predicted molar refractivity (Wildman–Crippen MR) is 76.0 cm³/mol. The van der Waals surface area contributed by atoms with Crippen LogP contribution in [0.3, 0.4) is 0 Å². The zero-order chi connectivity index (χ0) is 13.7. The van der Waals surface area contributed by atoms with E-state index in [4.69, 9.17) is 4.74 Å². The lowest BCUT2D eigenvalue weighted by Crippen LogP contribution is -2.28. The van der Waals surface area contributed by atoms with Crippen molar-refractivity contribution in [3.63, 3.8) is 0 Å². The smallest absolute Gasteiger partial charge is 0.146 e. The lowest BCUT2D eigenvalue weighted by atomic mass is 10.1. The SMILES string of the molecule is CCN(c1c(F)cccc1CNCCOC)C1CC1. The largest absolute Gasteiger partial charge is 0.383 e. The number of nitrogens with one attached hydrogen (secondary N) is 1. The molecule has 1 aromatic carbocycles. The summed E-state index contributed by atoms with van der Waals surface area (Å²) < 4.78 is 19.2. The second-order valence-corrected chi connectivity index (χ2v) is 4.93. The molecule has 0 amide bonds. The quantitative estimate of drug-likeness (QED) is 0.732. The summed E-state index contributed by atoms with van der Waals surface area (Å²) in [4.78, 5) is 2.20. The molecule has 106 valence electrons. The first-order valence-electron chi connectivity index (χ1n) is 7.01. The molecule has 19 heavy (non-hydrogen) atoms. The van der Waals surface area contributed by atoms with Gasteiger partial charge in [0, 0.05) is 32.8 Å². The van der Waals surface area contributed by atoms with E-state index in [1.54, 1.807) is 19.2 Å². The van der Waals surface area contributed by atoms with E-state index in [1.807, 2.05) is 6.07 Å². The first-order chi connectivity index (χ1) is 9.27. The Hall–Kier alpha value is -1.13. The summed E-state index contributed by atoms with van der Waals surface area (Å²) in [6.07, 6.45) is 2.36. The zero-order valence-corrected chi connectivity index (χ0v) is 11.8. The van der Waals surface area contributed by atoms with Crippen LogP contribution < -0.4 is 10.2 Å². The Kier molecular flexibility index (Phi) is 5.16. The van der Waals surface area contributed by atoms with E-state index < -0.39 is 0 Å². The highest BCUT2D eigenvalue weighted by Crippen LogP contribution is 2.35. The van der Waals surface area contributed by atoms with Gasteiger partial charge in [-0.15, -0.1) is 0 Å². The number of halogens is 1. The molecule has 0 aromatic heterocycles. The van der Waals surface area contributed by atoms with E-state index >= 15 is 0 Å². The molecule has 1 fully saturated rings. The van der Waals surface area contributed by atoms with Crippen LogP contribution in [0.1, 0.15) is 25.3 Å². The van der Waals surface area contributed by atoms with Gasteiger partial charge in [-0.2, -0.15) is 0 Å². The summed E-state index contributed by atoms with van der Waals surface area (Å²) in [6, 6.07) is 5.87. The van der Waals surface area contributed by atoms with Crippen molar-refractivity contribution in [3.8, 4) is 0 Å². The minimum Gasteiger partial charge on any atom is -0.383 e. The van der Waals surface area contributed by atoms with Crippen molar-refractivity contribution >= 4 is 5.69 Å². The molecular formula is C15H23FN2O. The Morgan fingerprint density at radius 3 is 2.84 bits per heavy atom. The molecule has 0 spiro atoms. The van der Waals surface area contributed by atoms with E-state index in [9.17, 15) is 4.39 Å². The number of ether oxygens (including phenoxy) is 1. The van der Waals surface area contributed by atoms with Gasteiger partial charge in [0.15, 0.2) is 0 Å². The summed E-state index contributed by atoms with van der Waals surface area (Å²) in [5.74, 6) is -0.111. The Morgan fingerprint density at radius 2 is 2.21 bits per heavy atom. The fourth-order valence-electron chi connectivity index (χ4n) is 2.41. The monoisotopic (exact) mass is 266 g/mol. The normalized spacial score (nSPS) is 14.7. The third-order valence-electron chi connectivity index (χ3n) is 3.48. The van der Waals surface area contributed by atoms with Gasteiger partial charge in [-0.1, -0.05) is 12.1 Å². The molecule has 0 radical (unpaired) electrons. The van der Waals surface area contributed by atoms with Gasteiger partial charge >= 0.3 is 0 Å². The molecule has 2 rings (SSSR count). The highest BCUT2D eigenvalue weighted by atomic mass is 19.1. The molecule has 0 unspecified atom stereocenters. The van der Waals surface area contributed by atoms with Crippen LogP contribution in [0.5, 0.6) is 0 Å². The van der Waals surface area contributed by atoms with Crippen LogP contribution >= 0.6 is 0 Å². The molecule has 0 aliphatic heterocycles. The van der Waals surface area contributed by atoms with Gasteiger partial charge in [-0.3, -0.25) is 0 Å². The van der Waals surface area contributed by atoms with Crippen LogP contribution in [-0.4, -0.2) is 32.8 Å². The molecule has 1 saturated carbocycles. The van der Waals surface area contributed by atoms with Gasteiger partial charge in [0.1, 0.15) is 5.82 Å². The highest BCUT2D eigenvalue weighted by Gasteiger charge is 2.30. The van der Waals surface area contributed by atoms with Crippen molar-refractivity contribution in [2.24, 2.45) is 0 Å². The van der Waals surface area contributed by atoms with Crippen LogP contribution in [0.4, 0.5) is 10.1 Å². The fourth-order valence-corrected chi connectivity index (χ4v) is 2.41. The average molecular weight is 266 g/mol. The minimum atomic E-state index is -0.111. The first kappa shape index (κ1) is 14.3. The van der Waals surface area contributed by atoms with Crippen LogP contribution in [-0.2, 0) is 11.3 Å². The van der Waals surface area contributed by atoms with Crippen molar-refractivity contribution in [1.82, 2.24) is 5.32 Å². The Morgan fingerprint density at radius 1 is 1.42 bits per heavy atom. The fraction of sp³-hybridized carbons (Fsp3) is 0.600. The third kappa shape index (κ3) is 3.67. The molecule has 0 heterocycles. The number of nitrogens with zero attached hydrogens (tertiary/aromatic N) is 1. The molecule has 3 nitrogen and oxygen atoms in total. The highest BCUT2D eigenvalue weighted by molar-refractivity contribution is 5.56. The maximum Gasteiger partial charge on any atom is 0.146 e. The summed E-state index contributed by atoms with van der Waals surface area (Å²) in [7, 11) is 1.68. The topological polar surface area (TPSA) is 24.5 Å². The van der Waals surface area contributed by atoms with E-state index in [2.05, 4.69) is 17.1 Å². The molecule has 1 aliphatic rings. The van der Waals surface area contributed by atoms with Crippen LogP contribution in [0.2, 0.25) is 0 Å². The van der Waals surface area contributed by atoms with E-state index in [0.717, 1.165) is 24.3 Å². The number of methoxy groups -OCH3 is 1. The van der Waals surface area contributed by atoms with Crippen molar-refractivity contribution in [3.05, 3.63) is 29.6 Å². The molecule has 1 aromatic rings. The van der Waals surface area contributed by atoms with Crippen LogP contribution in [0.15, 0.2) is 18.2 Å². The molecule has 0 saturated heterocycles. The number of para-hydroxylation sites is 1. The Labute approximate surface area is 114 Å². The summed E-state index contributed by atoms with van der Waals surface area (Å²) in [6.45, 7) is 5.08. The Bertz CT molecular complexity index is 407. The molecule has 0 bridgehead atoms. The zero-order valence-electron chi connectivity index (χ0n) is 11.8. The lowest BCUT2D eigenvalue weighted by Gasteiger charge is -2.26. The van der Waals surface area contributed by atoms with E-state index in [-0.39, 0.29) is 5.82 Å². The standard InChI is InChI=1S/C15H23FN2O/c1-3-18(13-7-8-13)15-12(5-4-6-14(15)16)11-17-9-10-19-2/h4-6,13,17H,3,7-11H2,1-2H3. The minimum absolute atomic E-state index is 0.111. The second-order valence-electron chi connectivity index (χ2n) is 4.93. The van der Waals surface area contributed by atoms with Crippen molar-refractivity contribution in [2.45, 2.75) is 32.4 Å². The summed E-state index contributed by atoms with van der Waals surface area (Å²) >= 11 is 0. The maximum atomic E-state index is 14.2. The lowest BCUT2D eigenvalue weighted by molar-refractivity contribution is 0.199. The Balaban J connectivity index is 2.10. The van der Waals surface area contributed by atoms with Crippen LogP contribution in [0.25, 0.3) is 0 Å². The molecular weight excluding hydrogens is 243 g/mol. The van der Waals surface area contributed by atoms with Crippen molar-refractivity contribution in [1.29, 1.82) is 0 Å². The number of rotatable bonds is 8. The van der Waals surface area contributed by atoms with Gasteiger partial charge in [0.25, 0.3) is 0 Å². The maximum absolute atomic E-state index is 14.2. The predicted octanol–water partition coefficient (Wildman–Crippen LogP) is 2.55. The van der Waals surface area contributed by atoms with Gasteiger partial charge < -0.3 is 15.0 Å². The second kappa shape index (κ2) is 6.87. The number of hydrogen-bond donors (Lipinski definition) is 1. The first-order valence-corrected chi connectivity index (χ1v) is 7.01. The number of benzene rings is 1. The molecule has 4 heteroatoms. The average Bonchev–Trinajstić information content (AvgIpc) is 3.23. The van der Waals surface area contributed by atoms with Gasteiger partial charge in [-0.05, 0) is 31.4 Å². The van der Waals surface area contributed by atoms with E-state index in [1.165, 1.54) is 12.8 Å². The summed E-state index contributed by atoms with van der Waals surface area (Å²) in [5, 5.41) is 3.29. The molecule has 0 atom stereocenters. The van der Waals surface area contributed by atoms with E-state index in [0.29, 0.717) is 19.2 Å². The molecule has 1 N–H and O–H groups in total. The van der Waals surface area contributed by atoms with Crippen LogP contribution in [0, 0.1) is 5.82 Å². The van der Waals surface area contributed by atoms with Crippen molar-refractivity contribution < 1.29 is 9.13 Å². The van der Waals surface area contributed by atoms with Gasteiger partial charge in [0.05, 0.1) is 12.3 Å².